The molecule has 2 aliphatic rings. The minimum atomic E-state index is -3.65. The molecule has 2 aliphatic heterocycles. The molecule has 7 nitrogen and oxygen atoms in total. The Morgan fingerprint density at radius 2 is 1.83 bits per heavy atom. The molecule has 3 unspecified atom stereocenters. The second-order valence-electron chi connectivity index (χ2n) is 5.99. The number of nitrogens with one attached hydrogen (secondary N) is 1. The minimum Gasteiger partial charge on any atom is -0.479 e. The number of amides is 1. The largest absolute Gasteiger partial charge is 0.479 e. The summed E-state index contributed by atoms with van der Waals surface area (Å²) >= 11 is 0. The maximum Gasteiger partial charge on any atom is 0.265 e. The third-order valence-corrected chi connectivity index (χ3v) is 5.73. The van der Waals surface area contributed by atoms with Crippen LogP contribution in [0.5, 0.6) is 5.75 Å². The van der Waals surface area contributed by atoms with Crippen LogP contribution < -0.4 is 10.1 Å². The van der Waals surface area contributed by atoms with Gasteiger partial charge in [-0.1, -0.05) is 0 Å². The van der Waals surface area contributed by atoms with E-state index < -0.39 is 16.1 Å². The van der Waals surface area contributed by atoms with Gasteiger partial charge in [-0.15, -0.1) is 0 Å². The highest BCUT2D eigenvalue weighted by atomic mass is 32.2. The van der Waals surface area contributed by atoms with Crippen LogP contribution in [-0.4, -0.2) is 50.0 Å². The maximum absolute atomic E-state index is 12.8. The molecule has 3 atom stereocenters. The van der Waals surface area contributed by atoms with Crippen molar-refractivity contribution in [2.45, 2.75) is 44.0 Å². The van der Waals surface area contributed by atoms with Gasteiger partial charge in [0.2, 0.25) is 10.0 Å². The molecule has 3 rings (SSSR count). The van der Waals surface area contributed by atoms with Gasteiger partial charge in [-0.2, -0.15) is 4.31 Å². The van der Waals surface area contributed by atoms with Gasteiger partial charge >= 0.3 is 0 Å². The van der Waals surface area contributed by atoms with Crippen LogP contribution in [0.25, 0.3) is 0 Å². The highest BCUT2D eigenvalue weighted by Crippen LogP contribution is 2.33. The van der Waals surface area contributed by atoms with Gasteiger partial charge < -0.3 is 14.8 Å². The van der Waals surface area contributed by atoms with Gasteiger partial charge in [-0.3, -0.25) is 4.79 Å². The van der Waals surface area contributed by atoms with E-state index in [9.17, 15) is 13.2 Å². The van der Waals surface area contributed by atoms with Crippen LogP contribution in [0.15, 0.2) is 23.1 Å². The summed E-state index contributed by atoms with van der Waals surface area (Å²) in [5.74, 6) is 0.181. The highest BCUT2D eigenvalue weighted by Gasteiger charge is 2.33. The molecule has 0 saturated carbocycles. The summed E-state index contributed by atoms with van der Waals surface area (Å²) in [6, 6.07) is 4.52. The predicted molar refractivity (Wildman–Crippen MR) is 83.9 cm³/mol. The summed E-state index contributed by atoms with van der Waals surface area (Å²) in [7, 11) is -3.65. The number of nitrogens with zero attached hydrogens (tertiary/aromatic N) is 1. The topological polar surface area (TPSA) is 84.9 Å². The zero-order valence-corrected chi connectivity index (χ0v) is 14.1. The lowest BCUT2D eigenvalue weighted by Crippen LogP contribution is -2.48. The Labute approximate surface area is 135 Å². The van der Waals surface area contributed by atoms with E-state index in [1.165, 1.54) is 16.4 Å². The second kappa shape index (κ2) is 5.77. The van der Waals surface area contributed by atoms with Crippen molar-refractivity contribution in [3.8, 4) is 5.75 Å². The van der Waals surface area contributed by atoms with E-state index in [0.29, 0.717) is 24.5 Å². The molecule has 0 aliphatic carbocycles. The average Bonchev–Trinajstić information content (AvgIpc) is 2.47. The number of rotatable bonds is 2. The number of benzene rings is 1. The Bertz CT molecular complexity index is 723. The van der Waals surface area contributed by atoms with Gasteiger partial charge in [0.15, 0.2) is 6.10 Å². The molecule has 23 heavy (non-hydrogen) atoms. The van der Waals surface area contributed by atoms with Crippen molar-refractivity contribution in [2.75, 3.05) is 18.4 Å². The van der Waals surface area contributed by atoms with Gasteiger partial charge in [0, 0.05) is 13.1 Å². The van der Waals surface area contributed by atoms with Crippen LogP contribution >= 0.6 is 0 Å². The Balaban J connectivity index is 1.92. The predicted octanol–water partition coefficient (Wildman–Crippen LogP) is 1.20. The average molecular weight is 340 g/mol. The first-order valence-electron chi connectivity index (χ1n) is 7.54. The lowest BCUT2D eigenvalue weighted by Gasteiger charge is -2.34. The molecule has 126 valence electrons. The molecule has 1 N–H and O–H groups in total. The van der Waals surface area contributed by atoms with Crippen molar-refractivity contribution < 1.29 is 22.7 Å². The second-order valence-corrected chi connectivity index (χ2v) is 7.92. The standard InChI is InChI=1S/C15H20N2O5S/c1-9-7-17(8-10(2)21-9)23(19,20)12-4-5-14-13(6-12)16-15(18)11(3)22-14/h4-6,9-11H,7-8H2,1-3H3,(H,16,18). The number of ether oxygens (including phenoxy) is 2. The summed E-state index contributed by atoms with van der Waals surface area (Å²) in [5.41, 5.74) is 0.378. The van der Waals surface area contributed by atoms with Crippen LogP contribution in [0, 0.1) is 0 Å². The highest BCUT2D eigenvalue weighted by molar-refractivity contribution is 7.89. The molecule has 0 bridgehead atoms. The number of sulfonamides is 1. The Morgan fingerprint density at radius 3 is 2.48 bits per heavy atom. The molecular formula is C15H20N2O5S. The van der Waals surface area contributed by atoms with Crippen molar-refractivity contribution in [2.24, 2.45) is 0 Å². The number of fused-ring (bicyclic) bond motifs is 1. The molecule has 2 heterocycles. The molecule has 0 radical (unpaired) electrons. The van der Waals surface area contributed by atoms with Crippen LogP contribution in [0.1, 0.15) is 20.8 Å². The fourth-order valence-electron chi connectivity index (χ4n) is 2.82. The normalized spacial score (nSPS) is 28.7. The van der Waals surface area contributed by atoms with Gasteiger partial charge in [-0.05, 0) is 39.0 Å². The number of carbonyl (C=O) groups is 1. The molecule has 0 aromatic heterocycles. The first-order valence-corrected chi connectivity index (χ1v) is 8.98. The molecule has 1 fully saturated rings. The summed E-state index contributed by atoms with van der Waals surface area (Å²) < 4.78 is 38.1. The maximum atomic E-state index is 12.8. The molecule has 1 aromatic carbocycles. The zero-order chi connectivity index (χ0) is 16.8. The molecule has 1 saturated heterocycles. The Kier molecular flexibility index (Phi) is 4.07. The summed E-state index contributed by atoms with van der Waals surface area (Å²) in [6.45, 7) is 5.95. The van der Waals surface area contributed by atoms with Gasteiger partial charge in [0.05, 0.1) is 22.8 Å². The SMILES string of the molecule is CC1CN(S(=O)(=O)c2ccc3c(c2)NC(=O)C(C)O3)CC(C)O1. The van der Waals surface area contributed by atoms with Crippen LogP contribution in [0.3, 0.4) is 0 Å². The Hall–Kier alpha value is -1.64. The van der Waals surface area contributed by atoms with E-state index in [0.717, 1.165) is 0 Å². The van der Waals surface area contributed by atoms with Crippen molar-refractivity contribution in [3.05, 3.63) is 18.2 Å². The van der Waals surface area contributed by atoms with Crippen LogP contribution in [0.4, 0.5) is 5.69 Å². The summed E-state index contributed by atoms with van der Waals surface area (Å²) in [4.78, 5) is 11.8. The fourth-order valence-corrected chi connectivity index (χ4v) is 4.44. The van der Waals surface area contributed by atoms with Crippen molar-refractivity contribution in [1.29, 1.82) is 0 Å². The van der Waals surface area contributed by atoms with Crippen molar-refractivity contribution in [1.82, 2.24) is 4.31 Å². The number of hydrogen-bond donors (Lipinski definition) is 1. The molecule has 1 amide bonds. The third-order valence-electron chi connectivity index (χ3n) is 3.91. The van der Waals surface area contributed by atoms with Crippen LogP contribution in [-0.2, 0) is 19.6 Å². The molecule has 0 spiro atoms. The first-order chi connectivity index (χ1) is 10.8. The van der Waals surface area contributed by atoms with Gasteiger partial charge in [-0.25, -0.2) is 8.42 Å². The van der Waals surface area contributed by atoms with Crippen molar-refractivity contribution >= 4 is 21.6 Å². The zero-order valence-electron chi connectivity index (χ0n) is 13.3. The van der Waals surface area contributed by atoms with Gasteiger partial charge in [0.25, 0.3) is 5.91 Å². The fraction of sp³-hybridized carbons (Fsp3) is 0.533. The quantitative estimate of drug-likeness (QED) is 0.874. The monoisotopic (exact) mass is 340 g/mol. The van der Waals surface area contributed by atoms with E-state index in [1.807, 2.05) is 13.8 Å². The van der Waals surface area contributed by atoms with Crippen molar-refractivity contribution in [3.63, 3.8) is 0 Å². The van der Waals surface area contributed by atoms with E-state index in [2.05, 4.69) is 5.32 Å². The lowest BCUT2D eigenvalue weighted by atomic mass is 10.2. The van der Waals surface area contributed by atoms with E-state index in [1.54, 1.807) is 13.0 Å². The molecule has 8 heteroatoms. The third kappa shape index (κ3) is 3.06. The number of morpholine rings is 1. The Morgan fingerprint density at radius 1 is 1.17 bits per heavy atom. The molecule has 1 aromatic rings. The van der Waals surface area contributed by atoms with E-state index >= 15 is 0 Å². The number of anilines is 1. The van der Waals surface area contributed by atoms with Crippen LogP contribution in [0.2, 0.25) is 0 Å². The first kappa shape index (κ1) is 16.2. The van der Waals surface area contributed by atoms with E-state index in [-0.39, 0.29) is 23.0 Å². The molecular weight excluding hydrogens is 320 g/mol. The minimum absolute atomic E-state index is 0.135. The summed E-state index contributed by atoms with van der Waals surface area (Å²) in [5, 5.41) is 2.67. The number of hydrogen-bond acceptors (Lipinski definition) is 5. The summed E-state index contributed by atoms with van der Waals surface area (Å²) in [6.07, 6.45) is -0.907. The number of carbonyl (C=O) groups excluding carboxylic acids is 1. The van der Waals surface area contributed by atoms with E-state index in [4.69, 9.17) is 9.47 Å². The van der Waals surface area contributed by atoms with Gasteiger partial charge in [0.1, 0.15) is 5.75 Å². The smallest absolute Gasteiger partial charge is 0.265 e. The lowest BCUT2D eigenvalue weighted by molar-refractivity contribution is -0.122.